The largest absolute Gasteiger partial charge is 0.475 e. The van der Waals surface area contributed by atoms with E-state index < -0.39 is 12.1 Å². The van der Waals surface area contributed by atoms with E-state index >= 15 is 0 Å². The Morgan fingerprint density at radius 2 is 1.86 bits per heavy atom. The van der Waals surface area contributed by atoms with Gasteiger partial charge in [0, 0.05) is 11.9 Å². The summed E-state index contributed by atoms with van der Waals surface area (Å²) in [5.74, 6) is -0.0719. The predicted octanol–water partition coefficient (Wildman–Crippen LogP) is 4.89. The lowest BCUT2D eigenvalue weighted by atomic mass is 10.1. The van der Waals surface area contributed by atoms with Gasteiger partial charge in [0.2, 0.25) is 0 Å². The highest BCUT2D eigenvalue weighted by atomic mass is 16.6. The lowest BCUT2D eigenvalue weighted by Gasteiger charge is -2.18. The molecule has 3 aromatic heterocycles. The molecule has 1 atom stereocenters. The Morgan fingerprint density at radius 3 is 2.58 bits per heavy atom. The molecule has 0 saturated heterocycles. The molecule has 4 rings (SSSR count). The summed E-state index contributed by atoms with van der Waals surface area (Å²) in [6.45, 7) is 11.8. The number of pyridine rings is 1. The van der Waals surface area contributed by atoms with Crippen LogP contribution in [0, 0.1) is 27.7 Å². The zero-order valence-electron chi connectivity index (χ0n) is 21.7. The fraction of sp³-hybridized carbons (Fsp3) is 0.357. The number of hydrogen-bond acceptors (Lipinski definition) is 6. The van der Waals surface area contributed by atoms with Gasteiger partial charge in [0.1, 0.15) is 5.69 Å². The first-order valence-corrected chi connectivity index (χ1v) is 12.2. The minimum Gasteiger partial charge on any atom is -0.475 e. The van der Waals surface area contributed by atoms with Gasteiger partial charge in [-0.3, -0.25) is 9.20 Å². The van der Waals surface area contributed by atoms with Crippen molar-refractivity contribution in [2.24, 2.45) is 0 Å². The van der Waals surface area contributed by atoms with E-state index in [9.17, 15) is 9.59 Å². The predicted molar refractivity (Wildman–Crippen MR) is 139 cm³/mol. The van der Waals surface area contributed by atoms with Crippen molar-refractivity contribution in [3.05, 3.63) is 75.5 Å². The van der Waals surface area contributed by atoms with Crippen molar-refractivity contribution in [2.45, 2.75) is 60.5 Å². The SMILES string of the molecule is CCC[C@@H](Oc1cccn2c(=O)c(-c3cc(C)n(-c4cc(C)ccc4C)n3)c(C)nc12)C(=O)OCC. The molecule has 0 aliphatic carbocycles. The molecule has 8 nitrogen and oxygen atoms in total. The summed E-state index contributed by atoms with van der Waals surface area (Å²) in [5, 5.41) is 4.79. The van der Waals surface area contributed by atoms with Crippen LogP contribution in [0.2, 0.25) is 0 Å². The number of carbonyl (C=O) groups excluding carboxylic acids is 1. The standard InChI is InChI=1S/C28H32N4O4/c1-7-10-24(28(34)35-8-2)36-23-11-9-14-31-26(23)29-20(6)25(27(31)33)21-16-19(5)32(30-21)22-15-17(3)12-13-18(22)4/h9,11-16,24H,7-8,10H2,1-6H3/t24-/m1/s1. The number of ether oxygens (including phenoxy) is 2. The summed E-state index contributed by atoms with van der Waals surface area (Å²) in [6, 6.07) is 11.5. The Kier molecular flexibility index (Phi) is 7.24. The van der Waals surface area contributed by atoms with Crippen molar-refractivity contribution in [3.63, 3.8) is 0 Å². The molecule has 4 aromatic rings. The second kappa shape index (κ2) is 10.4. The average Bonchev–Trinajstić information content (AvgIpc) is 3.21. The number of nitrogens with zero attached hydrogens (tertiary/aromatic N) is 4. The summed E-state index contributed by atoms with van der Waals surface area (Å²) in [6.07, 6.45) is 2.12. The molecule has 0 aliphatic rings. The van der Waals surface area contributed by atoms with Crippen LogP contribution in [0.5, 0.6) is 5.75 Å². The van der Waals surface area contributed by atoms with Crippen molar-refractivity contribution in [1.82, 2.24) is 19.2 Å². The number of aryl methyl sites for hydroxylation is 4. The topological polar surface area (TPSA) is 87.7 Å². The van der Waals surface area contributed by atoms with Crippen molar-refractivity contribution >= 4 is 11.6 Å². The molecular weight excluding hydrogens is 456 g/mol. The molecule has 3 heterocycles. The van der Waals surface area contributed by atoms with Crippen LogP contribution >= 0.6 is 0 Å². The molecule has 0 saturated carbocycles. The van der Waals surface area contributed by atoms with E-state index in [1.54, 1.807) is 32.2 Å². The first kappa shape index (κ1) is 25.2. The second-order valence-electron chi connectivity index (χ2n) is 8.96. The fourth-order valence-corrected chi connectivity index (χ4v) is 4.29. The van der Waals surface area contributed by atoms with Gasteiger partial charge >= 0.3 is 5.97 Å². The molecule has 0 radical (unpaired) electrons. The monoisotopic (exact) mass is 488 g/mol. The molecule has 0 N–H and O–H groups in total. The summed E-state index contributed by atoms with van der Waals surface area (Å²) in [7, 11) is 0. The van der Waals surface area contributed by atoms with Crippen LogP contribution in [0.4, 0.5) is 0 Å². The molecule has 188 valence electrons. The van der Waals surface area contributed by atoms with Crippen molar-refractivity contribution in [3.8, 4) is 22.7 Å². The van der Waals surface area contributed by atoms with Crippen molar-refractivity contribution in [2.75, 3.05) is 6.61 Å². The second-order valence-corrected chi connectivity index (χ2v) is 8.96. The van der Waals surface area contributed by atoms with Crippen LogP contribution in [0.25, 0.3) is 22.6 Å². The average molecular weight is 489 g/mol. The number of aromatic nitrogens is 4. The third-order valence-corrected chi connectivity index (χ3v) is 6.11. The van der Waals surface area contributed by atoms with Crippen LogP contribution < -0.4 is 10.3 Å². The zero-order valence-corrected chi connectivity index (χ0v) is 21.7. The van der Waals surface area contributed by atoms with E-state index in [4.69, 9.17) is 19.6 Å². The molecule has 0 unspecified atom stereocenters. The molecule has 0 spiro atoms. The molecule has 0 amide bonds. The molecule has 1 aromatic carbocycles. The Labute approximate surface area is 210 Å². The van der Waals surface area contributed by atoms with Gasteiger partial charge in [0.05, 0.1) is 23.6 Å². The first-order valence-electron chi connectivity index (χ1n) is 12.2. The lowest BCUT2D eigenvalue weighted by Crippen LogP contribution is -2.30. The van der Waals surface area contributed by atoms with Gasteiger partial charge in [-0.15, -0.1) is 0 Å². The normalized spacial score (nSPS) is 12.1. The molecular formula is C28H32N4O4. The van der Waals surface area contributed by atoms with Gasteiger partial charge in [-0.05, 0) is 76.4 Å². The quantitative estimate of drug-likeness (QED) is 0.328. The number of esters is 1. The Hall–Kier alpha value is -3.94. The molecule has 0 aliphatic heterocycles. The maximum absolute atomic E-state index is 13.7. The maximum Gasteiger partial charge on any atom is 0.347 e. The van der Waals surface area contributed by atoms with E-state index in [0.29, 0.717) is 34.8 Å². The van der Waals surface area contributed by atoms with Crippen LogP contribution in [-0.4, -0.2) is 37.8 Å². The Bertz CT molecular complexity index is 1490. The van der Waals surface area contributed by atoms with E-state index in [1.807, 2.05) is 38.4 Å². The highest BCUT2D eigenvalue weighted by Crippen LogP contribution is 2.26. The summed E-state index contributed by atoms with van der Waals surface area (Å²) >= 11 is 0. The smallest absolute Gasteiger partial charge is 0.347 e. The zero-order chi connectivity index (χ0) is 26.0. The van der Waals surface area contributed by atoms with Gasteiger partial charge in [-0.2, -0.15) is 5.10 Å². The molecule has 0 bridgehead atoms. The highest BCUT2D eigenvalue weighted by Gasteiger charge is 2.24. The van der Waals surface area contributed by atoms with Gasteiger partial charge in [0.15, 0.2) is 17.5 Å². The Morgan fingerprint density at radius 1 is 1.08 bits per heavy atom. The lowest BCUT2D eigenvalue weighted by molar-refractivity contribution is -0.151. The van der Waals surface area contributed by atoms with Crippen molar-refractivity contribution < 1.29 is 14.3 Å². The van der Waals surface area contributed by atoms with Gasteiger partial charge in [0.25, 0.3) is 5.56 Å². The molecule has 8 heteroatoms. The van der Waals surface area contributed by atoms with Crippen LogP contribution in [0.15, 0.2) is 47.4 Å². The van der Waals surface area contributed by atoms with E-state index in [2.05, 4.69) is 18.2 Å². The Balaban J connectivity index is 1.80. The summed E-state index contributed by atoms with van der Waals surface area (Å²) in [4.78, 5) is 30.8. The van der Waals surface area contributed by atoms with E-state index in [1.165, 1.54) is 4.40 Å². The fourth-order valence-electron chi connectivity index (χ4n) is 4.29. The third kappa shape index (κ3) is 4.76. The van der Waals surface area contributed by atoms with Crippen LogP contribution in [0.1, 0.15) is 49.2 Å². The first-order chi connectivity index (χ1) is 17.2. The summed E-state index contributed by atoms with van der Waals surface area (Å²) in [5.41, 5.74) is 5.72. The van der Waals surface area contributed by atoms with Crippen molar-refractivity contribution in [1.29, 1.82) is 0 Å². The minimum atomic E-state index is -0.769. The van der Waals surface area contributed by atoms with Gasteiger partial charge in [-0.25, -0.2) is 14.5 Å². The number of carbonyl (C=O) groups is 1. The summed E-state index contributed by atoms with van der Waals surface area (Å²) < 4.78 is 14.5. The van der Waals surface area contributed by atoms with E-state index in [-0.39, 0.29) is 12.2 Å². The van der Waals surface area contributed by atoms with Crippen LogP contribution in [0.3, 0.4) is 0 Å². The maximum atomic E-state index is 13.7. The van der Waals surface area contributed by atoms with Gasteiger partial charge < -0.3 is 9.47 Å². The number of rotatable bonds is 8. The number of fused-ring (bicyclic) bond motifs is 1. The highest BCUT2D eigenvalue weighted by molar-refractivity contribution is 5.75. The van der Waals surface area contributed by atoms with Gasteiger partial charge in [-0.1, -0.05) is 25.5 Å². The number of hydrogen-bond donors (Lipinski definition) is 0. The molecule has 36 heavy (non-hydrogen) atoms. The minimum absolute atomic E-state index is 0.253. The molecule has 0 fully saturated rings. The van der Waals surface area contributed by atoms with E-state index in [0.717, 1.165) is 28.9 Å². The third-order valence-electron chi connectivity index (χ3n) is 6.11. The number of benzene rings is 1. The van der Waals surface area contributed by atoms with Crippen LogP contribution in [-0.2, 0) is 9.53 Å².